The molecular formula is C10H17FO4S. The molecule has 4 nitrogen and oxygen atoms in total. The van der Waals surface area contributed by atoms with Gasteiger partial charge in [0.05, 0.1) is 11.5 Å². The molecule has 0 atom stereocenters. The quantitative estimate of drug-likeness (QED) is 0.505. The van der Waals surface area contributed by atoms with Crippen molar-refractivity contribution in [2.24, 2.45) is 0 Å². The first-order valence-corrected chi connectivity index (χ1v) is 6.67. The molecule has 0 spiro atoms. The van der Waals surface area contributed by atoms with Gasteiger partial charge < -0.3 is 4.74 Å². The first-order valence-electron chi connectivity index (χ1n) is 4.85. The van der Waals surface area contributed by atoms with Gasteiger partial charge in [-0.15, -0.1) is 0 Å². The summed E-state index contributed by atoms with van der Waals surface area (Å²) in [6.45, 7) is 5.59. The lowest BCUT2D eigenvalue weighted by Crippen LogP contribution is -2.22. The zero-order valence-electron chi connectivity index (χ0n) is 9.53. The number of hydrogen-bond acceptors (Lipinski definition) is 4. The third kappa shape index (κ3) is 8.40. The Hall–Kier alpha value is -0.910. The van der Waals surface area contributed by atoms with Crippen LogP contribution in [-0.4, -0.2) is 38.2 Å². The van der Waals surface area contributed by atoms with Crippen molar-refractivity contribution >= 4 is 15.8 Å². The van der Waals surface area contributed by atoms with Gasteiger partial charge in [-0.2, -0.15) is 0 Å². The molecule has 0 bridgehead atoms. The van der Waals surface area contributed by atoms with Crippen molar-refractivity contribution in [2.45, 2.75) is 25.9 Å². The summed E-state index contributed by atoms with van der Waals surface area (Å²) in [4.78, 5) is 10.6. The number of halogens is 1. The largest absolute Gasteiger partial charge is 0.461 e. The van der Waals surface area contributed by atoms with Gasteiger partial charge >= 0.3 is 5.97 Å². The van der Waals surface area contributed by atoms with E-state index in [0.717, 1.165) is 6.08 Å². The molecule has 0 fully saturated rings. The highest BCUT2D eigenvalue weighted by Gasteiger charge is 2.20. The van der Waals surface area contributed by atoms with Crippen LogP contribution in [0.15, 0.2) is 12.7 Å². The van der Waals surface area contributed by atoms with Crippen molar-refractivity contribution in [3.63, 3.8) is 0 Å². The minimum absolute atomic E-state index is 0.0647. The number of carbonyl (C=O) groups excluding carboxylic acids is 1. The normalized spacial score (nSPS) is 12.2. The Morgan fingerprint density at radius 1 is 1.44 bits per heavy atom. The maximum atomic E-state index is 13.1. The highest BCUT2D eigenvalue weighted by molar-refractivity contribution is 7.91. The third-order valence-electron chi connectivity index (χ3n) is 1.81. The molecule has 0 aromatic carbocycles. The topological polar surface area (TPSA) is 60.4 Å². The van der Waals surface area contributed by atoms with Gasteiger partial charge in [-0.25, -0.2) is 17.6 Å². The number of carbonyl (C=O) groups is 1. The van der Waals surface area contributed by atoms with E-state index < -0.39 is 21.5 Å². The van der Waals surface area contributed by atoms with Crippen molar-refractivity contribution in [3.05, 3.63) is 12.7 Å². The minimum Gasteiger partial charge on any atom is -0.461 e. The lowest BCUT2D eigenvalue weighted by Gasteiger charge is -2.13. The Labute approximate surface area is 95.4 Å². The molecule has 0 saturated heterocycles. The lowest BCUT2D eigenvalue weighted by atomic mass is 10.1. The number of hydrogen-bond donors (Lipinski definition) is 0. The minimum atomic E-state index is -3.37. The highest BCUT2D eigenvalue weighted by atomic mass is 32.2. The first kappa shape index (κ1) is 15.1. The molecule has 0 saturated carbocycles. The molecule has 0 heterocycles. The summed E-state index contributed by atoms with van der Waals surface area (Å²) in [5, 5.41) is 0. The molecule has 0 rings (SSSR count). The van der Waals surface area contributed by atoms with Gasteiger partial charge in [-0.05, 0) is 20.3 Å². The molecule has 0 N–H and O–H groups in total. The zero-order chi connectivity index (χ0) is 12.8. The van der Waals surface area contributed by atoms with E-state index >= 15 is 0 Å². The van der Waals surface area contributed by atoms with Crippen molar-refractivity contribution < 1.29 is 22.3 Å². The second-order valence-corrected chi connectivity index (χ2v) is 6.30. The Bertz CT molecular complexity index is 340. The summed E-state index contributed by atoms with van der Waals surface area (Å²) in [7, 11) is -3.37. The van der Waals surface area contributed by atoms with Crippen LogP contribution in [0.2, 0.25) is 0 Å². The van der Waals surface area contributed by atoms with Crippen molar-refractivity contribution in [2.75, 3.05) is 18.1 Å². The van der Waals surface area contributed by atoms with Crippen LogP contribution in [0, 0.1) is 0 Å². The summed E-state index contributed by atoms with van der Waals surface area (Å²) >= 11 is 0. The number of ether oxygens (including phenoxy) is 1. The Balaban J connectivity index is 3.98. The Morgan fingerprint density at radius 2 is 2.00 bits per heavy atom. The smallest absolute Gasteiger partial charge is 0.330 e. The van der Waals surface area contributed by atoms with Gasteiger partial charge in [0.2, 0.25) is 0 Å². The van der Waals surface area contributed by atoms with Gasteiger partial charge in [0.1, 0.15) is 12.3 Å². The summed E-state index contributed by atoms with van der Waals surface area (Å²) in [5.74, 6) is -1.20. The summed E-state index contributed by atoms with van der Waals surface area (Å²) in [6.07, 6.45) is 0.891. The molecule has 0 amide bonds. The average Bonchev–Trinajstić information content (AvgIpc) is 2.13. The van der Waals surface area contributed by atoms with E-state index in [0.29, 0.717) is 0 Å². The summed E-state index contributed by atoms with van der Waals surface area (Å²) in [5.41, 5.74) is -1.51. The SMILES string of the molecule is C=CC(=O)OCCS(=O)(=O)CCC(C)(C)F. The second kappa shape index (κ2) is 5.98. The molecule has 0 aliphatic heterocycles. The van der Waals surface area contributed by atoms with E-state index in [-0.39, 0.29) is 24.5 Å². The maximum Gasteiger partial charge on any atom is 0.330 e. The number of esters is 1. The van der Waals surface area contributed by atoms with Gasteiger partial charge in [-0.3, -0.25) is 0 Å². The van der Waals surface area contributed by atoms with Gasteiger partial charge in [0, 0.05) is 6.08 Å². The maximum absolute atomic E-state index is 13.1. The van der Waals surface area contributed by atoms with E-state index in [2.05, 4.69) is 11.3 Å². The Kier molecular flexibility index (Phi) is 5.64. The summed E-state index contributed by atoms with van der Waals surface area (Å²) < 4.78 is 40.3. The molecule has 0 aliphatic carbocycles. The van der Waals surface area contributed by atoms with Crippen LogP contribution in [0.25, 0.3) is 0 Å². The molecule has 0 aromatic rings. The zero-order valence-corrected chi connectivity index (χ0v) is 10.3. The first-order chi connectivity index (χ1) is 7.16. The van der Waals surface area contributed by atoms with Gasteiger partial charge in [0.25, 0.3) is 0 Å². The van der Waals surface area contributed by atoms with Crippen molar-refractivity contribution in [1.29, 1.82) is 0 Å². The number of rotatable bonds is 7. The monoisotopic (exact) mass is 252 g/mol. The third-order valence-corrected chi connectivity index (χ3v) is 3.43. The standard InChI is InChI=1S/C10H17FO4S/c1-4-9(12)15-6-8-16(13,14)7-5-10(2,3)11/h4H,1,5-8H2,2-3H3. The molecule has 94 valence electrons. The van der Waals surface area contributed by atoms with Gasteiger partial charge in [0.15, 0.2) is 9.84 Å². The lowest BCUT2D eigenvalue weighted by molar-refractivity contribution is -0.137. The predicted octanol–water partition coefficient (Wildman–Crippen LogP) is 1.27. The fraction of sp³-hybridized carbons (Fsp3) is 0.700. The van der Waals surface area contributed by atoms with Gasteiger partial charge in [-0.1, -0.05) is 6.58 Å². The predicted molar refractivity (Wildman–Crippen MR) is 59.6 cm³/mol. The molecule has 0 aromatic heterocycles. The van der Waals surface area contributed by atoms with Crippen LogP contribution in [0.4, 0.5) is 4.39 Å². The number of alkyl halides is 1. The van der Waals surface area contributed by atoms with Crippen LogP contribution in [0.5, 0.6) is 0 Å². The molecular weight excluding hydrogens is 235 g/mol. The van der Waals surface area contributed by atoms with Crippen LogP contribution >= 0.6 is 0 Å². The average molecular weight is 252 g/mol. The summed E-state index contributed by atoms with van der Waals surface area (Å²) in [6, 6.07) is 0. The van der Waals surface area contributed by atoms with E-state index in [1.165, 1.54) is 13.8 Å². The van der Waals surface area contributed by atoms with Crippen LogP contribution in [-0.2, 0) is 19.4 Å². The molecule has 0 aliphatic rings. The Morgan fingerprint density at radius 3 is 2.44 bits per heavy atom. The highest BCUT2D eigenvalue weighted by Crippen LogP contribution is 2.14. The molecule has 6 heteroatoms. The fourth-order valence-corrected chi connectivity index (χ4v) is 2.17. The fourth-order valence-electron chi connectivity index (χ4n) is 0.828. The number of sulfone groups is 1. The molecule has 0 radical (unpaired) electrons. The van der Waals surface area contributed by atoms with Crippen molar-refractivity contribution in [3.8, 4) is 0 Å². The van der Waals surface area contributed by atoms with Crippen LogP contribution < -0.4 is 0 Å². The second-order valence-electron chi connectivity index (χ2n) is 3.99. The van der Waals surface area contributed by atoms with Crippen LogP contribution in [0.3, 0.4) is 0 Å². The molecule has 0 unspecified atom stereocenters. The van der Waals surface area contributed by atoms with E-state index in [1.807, 2.05) is 0 Å². The van der Waals surface area contributed by atoms with Crippen molar-refractivity contribution in [1.82, 2.24) is 0 Å². The van der Waals surface area contributed by atoms with E-state index in [4.69, 9.17) is 0 Å². The molecule has 16 heavy (non-hydrogen) atoms. The van der Waals surface area contributed by atoms with E-state index in [1.54, 1.807) is 0 Å². The van der Waals surface area contributed by atoms with Crippen LogP contribution in [0.1, 0.15) is 20.3 Å². The van der Waals surface area contributed by atoms with E-state index in [9.17, 15) is 17.6 Å².